The molecular weight excluding hydrogens is 466 g/mol. The highest BCUT2D eigenvalue weighted by Gasteiger charge is 2.26. The first-order valence-corrected chi connectivity index (χ1v) is 12.3. The topological polar surface area (TPSA) is 76.2 Å². The van der Waals surface area contributed by atoms with Crippen LogP contribution in [0, 0.1) is 6.57 Å². The first-order valence-electron chi connectivity index (χ1n) is 12.3. The van der Waals surface area contributed by atoms with E-state index in [1.807, 2.05) is 53.1 Å². The van der Waals surface area contributed by atoms with E-state index in [2.05, 4.69) is 28.7 Å². The third-order valence-corrected chi connectivity index (χ3v) is 7.36. The van der Waals surface area contributed by atoms with Crippen LogP contribution in [-0.2, 0) is 7.05 Å². The van der Waals surface area contributed by atoms with Gasteiger partial charge in [-0.25, -0.2) is 19.6 Å². The molecule has 6 rings (SSSR count). The van der Waals surface area contributed by atoms with E-state index in [1.165, 1.54) is 4.57 Å². The van der Waals surface area contributed by atoms with Crippen LogP contribution in [0.4, 0.5) is 11.6 Å². The van der Waals surface area contributed by atoms with Crippen LogP contribution >= 0.6 is 0 Å². The fourth-order valence-corrected chi connectivity index (χ4v) is 5.23. The van der Waals surface area contributed by atoms with Gasteiger partial charge in [0.25, 0.3) is 0 Å². The number of aromatic nitrogens is 4. The Morgan fingerprint density at radius 3 is 2.51 bits per heavy atom. The normalized spacial score (nSPS) is 14.6. The van der Waals surface area contributed by atoms with Crippen LogP contribution in [-0.4, -0.2) is 57.1 Å². The van der Waals surface area contributed by atoms with Gasteiger partial charge in [-0.3, -0.25) is 8.97 Å². The van der Waals surface area contributed by atoms with E-state index < -0.39 is 5.76 Å². The SMILES string of the molecule is [C-]#[N+]c1ccc(-c2nc(N3CCC(N(C)C)CC3)n3ccnc3c2-c2ccc3c(c2)oc(=O)n3C)cc1. The molecule has 0 aliphatic carbocycles. The summed E-state index contributed by atoms with van der Waals surface area (Å²) in [5.74, 6) is 0.452. The summed E-state index contributed by atoms with van der Waals surface area (Å²) in [4.78, 5) is 30.3. The average molecular weight is 494 g/mol. The zero-order valence-corrected chi connectivity index (χ0v) is 21.0. The molecule has 3 aromatic heterocycles. The van der Waals surface area contributed by atoms with Crippen LogP contribution < -0.4 is 10.7 Å². The molecule has 1 aliphatic heterocycles. The van der Waals surface area contributed by atoms with Gasteiger partial charge in [0.05, 0.1) is 23.3 Å². The molecule has 1 fully saturated rings. The summed E-state index contributed by atoms with van der Waals surface area (Å²) in [6.07, 6.45) is 5.87. The van der Waals surface area contributed by atoms with Crippen LogP contribution in [0.2, 0.25) is 0 Å². The molecule has 0 amide bonds. The van der Waals surface area contributed by atoms with E-state index >= 15 is 0 Å². The number of oxazole rings is 1. The number of aryl methyl sites for hydroxylation is 1. The summed E-state index contributed by atoms with van der Waals surface area (Å²) in [6, 6.07) is 13.8. The van der Waals surface area contributed by atoms with Gasteiger partial charge in [-0.05, 0) is 50.2 Å². The third kappa shape index (κ3) is 3.86. The number of fused-ring (bicyclic) bond motifs is 2. The van der Waals surface area contributed by atoms with Crippen molar-refractivity contribution in [3.05, 3.63) is 76.8 Å². The van der Waals surface area contributed by atoms with Gasteiger partial charge in [-0.15, -0.1) is 0 Å². The van der Waals surface area contributed by atoms with Gasteiger partial charge < -0.3 is 14.2 Å². The van der Waals surface area contributed by atoms with Crippen LogP contribution in [0.25, 0.3) is 44.0 Å². The Hall–Kier alpha value is -4.42. The van der Waals surface area contributed by atoms with Gasteiger partial charge in [0, 0.05) is 38.6 Å². The summed E-state index contributed by atoms with van der Waals surface area (Å²) >= 11 is 0. The zero-order valence-electron chi connectivity index (χ0n) is 21.0. The number of hydrogen-bond donors (Lipinski definition) is 0. The Morgan fingerprint density at radius 2 is 1.81 bits per heavy atom. The lowest BCUT2D eigenvalue weighted by molar-refractivity contribution is 0.249. The number of anilines is 1. The smallest absolute Gasteiger partial charge is 0.408 e. The van der Waals surface area contributed by atoms with Crippen molar-refractivity contribution in [2.24, 2.45) is 7.05 Å². The van der Waals surface area contributed by atoms with Crippen molar-refractivity contribution in [1.29, 1.82) is 0 Å². The minimum atomic E-state index is -0.400. The fourth-order valence-electron chi connectivity index (χ4n) is 5.23. The minimum absolute atomic E-state index is 0.400. The summed E-state index contributed by atoms with van der Waals surface area (Å²) in [7, 11) is 5.97. The molecule has 0 spiro atoms. The van der Waals surface area contributed by atoms with Crippen molar-refractivity contribution >= 4 is 28.4 Å². The lowest BCUT2D eigenvalue weighted by Crippen LogP contribution is -2.43. The molecule has 5 aromatic rings. The van der Waals surface area contributed by atoms with Gasteiger partial charge >= 0.3 is 5.76 Å². The molecule has 0 radical (unpaired) electrons. The highest BCUT2D eigenvalue weighted by Crippen LogP contribution is 2.38. The van der Waals surface area contributed by atoms with Gasteiger partial charge in [0.15, 0.2) is 11.3 Å². The molecule has 2 aromatic carbocycles. The molecule has 9 nitrogen and oxygen atoms in total. The third-order valence-electron chi connectivity index (χ3n) is 7.36. The highest BCUT2D eigenvalue weighted by molar-refractivity contribution is 5.94. The average Bonchev–Trinajstić information content (AvgIpc) is 3.52. The standard InChI is InChI=1S/C28H27N7O2/c1-29-20-8-5-18(6-9-20)25-24(19-7-10-22-23(17-19)37-28(36)33(22)4)26-30-13-16-35(26)27(31-25)34-14-11-21(12-15-34)32(2)3/h5-10,13,16-17,21H,11-12,14-15H2,2-4H3. The largest absolute Gasteiger partial charge is 0.419 e. The van der Waals surface area contributed by atoms with Crippen LogP contribution in [0.3, 0.4) is 0 Å². The second kappa shape index (κ2) is 8.91. The van der Waals surface area contributed by atoms with Crippen molar-refractivity contribution in [2.75, 3.05) is 32.1 Å². The molecule has 4 heterocycles. The maximum atomic E-state index is 12.1. The number of piperidine rings is 1. The van der Waals surface area contributed by atoms with Gasteiger partial charge in [0.2, 0.25) is 5.95 Å². The molecule has 0 saturated carbocycles. The highest BCUT2D eigenvalue weighted by atomic mass is 16.4. The first kappa shape index (κ1) is 23.0. The fraction of sp³-hybridized carbons (Fsp3) is 0.286. The molecular formula is C28H27N7O2. The Kier molecular flexibility index (Phi) is 5.54. The van der Waals surface area contributed by atoms with Crippen LogP contribution in [0.15, 0.2) is 64.1 Å². The summed E-state index contributed by atoms with van der Waals surface area (Å²) < 4.78 is 9.04. The number of imidazole rings is 1. The van der Waals surface area contributed by atoms with Crippen molar-refractivity contribution in [3.8, 4) is 22.4 Å². The predicted molar refractivity (Wildman–Crippen MR) is 144 cm³/mol. The lowest BCUT2D eigenvalue weighted by atomic mass is 9.99. The molecule has 0 unspecified atom stereocenters. The Bertz CT molecular complexity index is 1710. The summed E-state index contributed by atoms with van der Waals surface area (Å²) in [5, 5.41) is 0. The van der Waals surface area contributed by atoms with Crippen molar-refractivity contribution in [1.82, 2.24) is 23.8 Å². The Labute approximate surface area is 214 Å². The Morgan fingerprint density at radius 1 is 1.08 bits per heavy atom. The molecule has 1 aliphatic rings. The second-order valence-corrected chi connectivity index (χ2v) is 9.71. The minimum Gasteiger partial charge on any atom is -0.408 e. The van der Waals surface area contributed by atoms with Crippen LogP contribution in [0.5, 0.6) is 0 Å². The number of rotatable bonds is 4. The second-order valence-electron chi connectivity index (χ2n) is 9.71. The summed E-state index contributed by atoms with van der Waals surface area (Å²) in [5.41, 5.74) is 5.97. The summed E-state index contributed by atoms with van der Waals surface area (Å²) in [6.45, 7) is 9.15. The van der Waals surface area contributed by atoms with E-state index in [0.717, 1.165) is 65.4 Å². The number of hydrogen-bond acceptors (Lipinski definition) is 6. The number of benzene rings is 2. The molecule has 0 bridgehead atoms. The van der Waals surface area contributed by atoms with Gasteiger partial charge in [-0.1, -0.05) is 30.3 Å². The molecule has 37 heavy (non-hydrogen) atoms. The van der Waals surface area contributed by atoms with Crippen LogP contribution in [0.1, 0.15) is 12.8 Å². The number of nitrogens with zero attached hydrogens (tertiary/aromatic N) is 7. The monoisotopic (exact) mass is 493 g/mol. The molecule has 9 heteroatoms. The predicted octanol–water partition coefficient (Wildman–Crippen LogP) is 4.59. The molecule has 186 valence electrons. The Balaban J connectivity index is 1.56. The van der Waals surface area contributed by atoms with Gasteiger partial charge in [0.1, 0.15) is 5.65 Å². The van der Waals surface area contributed by atoms with Crippen molar-refractivity contribution in [2.45, 2.75) is 18.9 Å². The van der Waals surface area contributed by atoms with E-state index in [4.69, 9.17) is 21.0 Å². The van der Waals surface area contributed by atoms with Crippen molar-refractivity contribution < 1.29 is 4.42 Å². The quantitative estimate of drug-likeness (QED) is 0.341. The molecule has 1 saturated heterocycles. The molecule has 0 atom stereocenters. The first-order chi connectivity index (χ1) is 17.9. The maximum Gasteiger partial charge on any atom is 0.419 e. The van der Waals surface area contributed by atoms with E-state index in [9.17, 15) is 4.79 Å². The van der Waals surface area contributed by atoms with E-state index in [1.54, 1.807) is 13.2 Å². The molecule has 0 N–H and O–H groups in total. The zero-order chi connectivity index (χ0) is 25.7. The van der Waals surface area contributed by atoms with Gasteiger partial charge in [-0.2, -0.15) is 0 Å². The van der Waals surface area contributed by atoms with E-state index in [0.29, 0.717) is 17.3 Å². The van der Waals surface area contributed by atoms with Crippen molar-refractivity contribution in [3.63, 3.8) is 0 Å². The lowest BCUT2D eigenvalue weighted by Gasteiger charge is -2.36. The maximum absolute atomic E-state index is 12.1. The van der Waals surface area contributed by atoms with E-state index in [-0.39, 0.29) is 0 Å².